The Morgan fingerprint density at radius 3 is 2.60 bits per heavy atom. The summed E-state index contributed by atoms with van der Waals surface area (Å²) >= 11 is 6.07. The average Bonchev–Trinajstić information content (AvgIpc) is 2.32. The molecular formula is C10H17ClN2O2. The van der Waals surface area contributed by atoms with Crippen molar-refractivity contribution in [3.8, 4) is 0 Å². The lowest BCUT2D eigenvalue weighted by Gasteiger charge is -2.21. The number of ether oxygens (including phenoxy) is 1. The molecule has 0 aromatic carbocycles. The van der Waals surface area contributed by atoms with Crippen LogP contribution < -0.4 is 0 Å². The summed E-state index contributed by atoms with van der Waals surface area (Å²) in [6.45, 7) is 3.88. The summed E-state index contributed by atoms with van der Waals surface area (Å²) in [5.74, 6) is 0. The third-order valence-corrected chi connectivity index (χ3v) is 2.76. The summed E-state index contributed by atoms with van der Waals surface area (Å²) in [5.41, 5.74) is 0.812. The zero-order valence-corrected chi connectivity index (χ0v) is 10.3. The van der Waals surface area contributed by atoms with E-state index in [0.717, 1.165) is 11.3 Å². The lowest BCUT2D eigenvalue weighted by Crippen LogP contribution is -2.33. The maximum Gasteiger partial charge on any atom is 0.130 e. The van der Waals surface area contributed by atoms with Crippen LogP contribution >= 0.6 is 11.6 Å². The SMILES string of the molecule is COCC(C)(O)Cc1c(C)nn(C)c1Cl. The van der Waals surface area contributed by atoms with Crippen molar-refractivity contribution in [2.45, 2.75) is 25.9 Å². The van der Waals surface area contributed by atoms with Gasteiger partial charge in [0.15, 0.2) is 0 Å². The quantitative estimate of drug-likeness (QED) is 0.852. The van der Waals surface area contributed by atoms with E-state index in [-0.39, 0.29) is 6.61 Å². The van der Waals surface area contributed by atoms with Gasteiger partial charge in [0.25, 0.3) is 0 Å². The molecule has 0 bridgehead atoms. The van der Waals surface area contributed by atoms with Crippen molar-refractivity contribution in [3.63, 3.8) is 0 Å². The zero-order valence-electron chi connectivity index (χ0n) is 9.54. The van der Waals surface area contributed by atoms with Gasteiger partial charge in [0, 0.05) is 26.1 Å². The highest BCUT2D eigenvalue weighted by Crippen LogP contribution is 2.23. The molecular weight excluding hydrogens is 216 g/mol. The van der Waals surface area contributed by atoms with E-state index >= 15 is 0 Å². The maximum absolute atomic E-state index is 10.0. The topological polar surface area (TPSA) is 47.3 Å². The Morgan fingerprint density at radius 1 is 1.60 bits per heavy atom. The van der Waals surface area contributed by atoms with Crippen molar-refractivity contribution < 1.29 is 9.84 Å². The molecule has 1 N–H and O–H groups in total. The van der Waals surface area contributed by atoms with Gasteiger partial charge >= 0.3 is 0 Å². The number of methoxy groups -OCH3 is 1. The molecule has 0 spiro atoms. The summed E-state index contributed by atoms with van der Waals surface area (Å²) in [4.78, 5) is 0. The van der Waals surface area contributed by atoms with Gasteiger partial charge in [0.05, 0.1) is 17.9 Å². The van der Waals surface area contributed by atoms with Gasteiger partial charge in [-0.3, -0.25) is 4.68 Å². The lowest BCUT2D eigenvalue weighted by molar-refractivity contribution is -0.0161. The van der Waals surface area contributed by atoms with Crippen molar-refractivity contribution in [2.24, 2.45) is 7.05 Å². The first-order valence-corrected chi connectivity index (χ1v) is 5.14. The van der Waals surface area contributed by atoms with E-state index in [1.165, 1.54) is 0 Å². The summed E-state index contributed by atoms with van der Waals surface area (Å²) < 4.78 is 6.55. The number of halogens is 1. The van der Waals surface area contributed by atoms with Gasteiger partial charge in [-0.1, -0.05) is 11.6 Å². The van der Waals surface area contributed by atoms with Crippen LogP contribution in [0.2, 0.25) is 5.15 Å². The summed E-state index contributed by atoms with van der Waals surface area (Å²) in [7, 11) is 3.34. The van der Waals surface area contributed by atoms with E-state index in [1.807, 2.05) is 6.92 Å². The highest BCUT2D eigenvalue weighted by atomic mass is 35.5. The average molecular weight is 233 g/mol. The molecule has 0 aliphatic rings. The van der Waals surface area contributed by atoms with Gasteiger partial charge < -0.3 is 9.84 Å². The lowest BCUT2D eigenvalue weighted by atomic mass is 9.98. The number of aromatic nitrogens is 2. The van der Waals surface area contributed by atoms with Crippen LogP contribution in [-0.2, 0) is 18.2 Å². The summed E-state index contributed by atoms with van der Waals surface area (Å²) in [6.07, 6.45) is 0.444. The third kappa shape index (κ3) is 2.93. The first-order chi connectivity index (χ1) is 6.87. The van der Waals surface area contributed by atoms with E-state index in [2.05, 4.69) is 5.10 Å². The van der Waals surface area contributed by atoms with E-state index < -0.39 is 5.60 Å². The van der Waals surface area contributed by atoms with E-state index in [1.54, 1.807) is 25.8 Å². The molecule has 1 unspecified atom stereocenters. The highest BCUT2D eigenvalue weighted by molar-refractivity contribution is 6.30. The molecule has 1 heterocycles. The Kier molecular flexibility index (Phi) is 3.76. The number of hydrogen-bond donors (Lipinski definition) is 1. The Hall–Kier alpha value is -0.580. The zero-order chi connectivity index (χ0) is 11.6. The molecule has 1 atom stereocenters. The number of aliphatic hydroxyl groups is 1. The second-order valence-electron chi connectivity index (χ2n) is 4.09. The minimum Gasteiger partial charge on any atom is -0.387 e. The molecule has 4 nitrogen and oxygen atoms in total. The van der Waals surface area contributed by atoms with Gasteiger partial charge in [0.2, 0.25) is 0 Å². The van der Waals surface area contributed by atoms with Crippen LogP contribution in [0.15, 0.2) is 0 Å². The van der Waals surface area contributed by atoms with Crippen LogP contribution in [-0.4, -0.2) is 34.2 Å². The van der Waals surface area contributed by atoms with Gasteiger partial charge in [-0.25, -0.2) is 0 Å². The van der Waals surface area contributed by atoms with Crippen molar-refractivity contribution in [1.29, 1.82) is 0 Å². The van der Waals surface area contributed by atoms with E-state index in [9.17, 15) is 5.11 Å². The largest absolute Gasteiger partial charge is 0.387 e. The maximum atomic E-state index is 10.0. The first-order valence-electron chi connectivity index (χ1n) is 4.76. The number of aryl methyl sites for hydroxylation is 2. The molecule has 0 radical (unpaired) electrons. The molecule has 0 fully saturated rings. The second kappa shape index (κ2) is 4.51. The smallest absolute Gasteiger partial charge is 0.130 e. The van der Waals surface area contributed by atoms with Crippen molar-refractivity contribution >= 4 is 11.6 Å². The fourth-order valence-electron chi connectivity index (χ4n) is 1.62. The van der Waals surface area contributed by atoms with Crippen molar-refractivity contribution in [2.75, 3.05) is 13.7 Å². The predicted molar refractivity (Wildman–Crippen MR) is 59.2 cm³/mol. The Balaban J connectivity index is 2.89. The molecule has 1 aromatic heterocycles. The van der Waals surface area contributed by atoms with Crippen LogP contribution in [0.25, 0.3) is 0 Å². The van der Waals surface area contributed by atoms with Crippen molar-refractivity contribution in [3.05, 3.63) is 16.4 Å². The predicted octanol–water partition coefficient (Wildman–Crippen LogP) is 1.32. The normalized spacial score (nSPS) is 15.3. The molecule has 0 aliphatic carbocycles. The molecule has 86 valence electrons. The monoisotopic (exact) mass is 232 g/mol. The summed E-state index contributed by atoms with van der Waals surface area (Å²) in [6, 6.07) is 0. The Labute approximate surface area is 94.8 Å². The standard InChI is InChI=1S/C10H17ClN2O2/c1-7-8(9(11)13(3)12-7)5-10(2,14)6-15-4/h14H,5-6H2,1-4H3. The molecule has 1 rings (SSSR count). The summed E-state index contributed by atoms with van der Waals surface area (Å²) in [5, 5.41) is 14.8. The van der Waals surface area contributed by atoms with Gasteiger partial charge in [-0.05, 0) is 13.8 Å². The number of nitrogens with zero attached hydrogens (tertiary/aromatic N) is 2. The molecule has 15 heavy (non-hydrogen) atoms. The fraction of sp³-hybridized carbons (Fsp3) is 0.700. The van der Waals surface area contributed by atoms with Crippen LogP contribution in [0.5, 0.6) is 0 Å². The third-order valence-electron chi connectivity index (χ3n) is 2.28. The minimum atomic E-state index is -0.911. The molecule has 0 saturated carbocycles. The number of rotatable bonds is 4. The minimum absolute atomic E-state index is 0.275. The fourth-order valence-corrected chi connectivity index (χ4v) is 1.86. The van der Waals surface area contributed by atoms with E-state index in [0.29, 0.717) is 11.6 Å². The van der Waals surface area contributed by atoms with Crippen LogP contribution in [0.3, 0.4) is 0 Å². The Morgan fingerprint density at radius 2 is 2.20 bits per heavy atom. The van der Waals surface area contributed by atoms with Gasteiger partial charge in [-0.15, -0.1) is 0 Å². The van der Waals surface area contributed by atoms with E-state index in [4.69, 9.17) is 16.3 Å². The van der Waals surface area contributed by atoms with Gasteiger partial charge in [0.1, 0.15) is 5.15 Å². The molecule has 1 aromatic rings. The molecule has 5 heteroatoms. The molecule has 0 aliphatic heterocycles. The van der Waals surface area contributed by atoms with Gasteiger partial charge in [-0.2, -0.15) is 5.10 Å². The Bertz CT molecular complexity index is 347. The highest BCUT2D eigenvalue weighted by Gasteiger charge is 2.25. The van der Waals surface area contributed by atoms with Crippen molar-refractivity contribution in [1.82, 2.24) is 9.78 Å². The second-order valence-corrected chi connectivity index (χ2v) is 4.44. The van der Waals surface area contributed by atoms with Crippen LogP contribution in [0.1, 0.15) is 18.2 Å². The first kappa shape index (κ1) is 12.5. The molecule has 0 saturated heterocycles. The van der Waals surface area contributed by atoms with Crippen LogP contribution in [0.4, 0.5) is 0 Å². The number of hydrogen-bond acceptors (Lipinski definition) is 3. The molecule has 0 amide bonds. The van der Waals surface area contributed by atoms with Crippen LogP contribution in [0, 0.1) is 6.92 Å².